The summed E-state index contributed by atoms with van der Waals surface area (Å²) in [7, 11) is 1.64. The number of rotatable bonds is 6. The number of para-hydroxylation sites is 1. The Labute approximate surface area is 180 Å². The minimum atomic E-state index is -1.07. The standard InChI is InChI=1S/C20H29BrN6O2/c1-4-6-11-26-13-18(28)27(20(29)25(3)14-23-19(26)21)12-17(22)24-16-10-8-7-9-15(16)5-2/h7-10,17-18,24,28H,5,11-14,22H2,1-3H3/b23-19-. The molecule has 4 N–H and O–H groups in total. The van der Waals surface area contributed by atoms with Crippen molar-refractivity contribution in [1.82, 2.24) is 14.7 Å². The van der Waals surface area contributed by atoms with E-state index in [0.717, 1.165) is 17.7 Å². The number of nitrogens with two attached hydrogens (primary N) is 1. The molecule has 1 aliphatic rings. The third-order valence-corrected chi connectivity index (χ3v) is 5.32. The van der Waals surface area contributed by atoms with Crippen LogP contribution in [0.2, 0.25) is 0 Å². The molecule has 2 amide bonds. The number of halogens is 1. The molecule has 0 radical (unpaired) electrons. The molecule has 0 saturated carbocycles. The van der Waals surface area contributed by atoms with Gasteiger partial charge in [0.25, 0.3) is 0 Å². The number of nitrogens with zero attached hydrogens (tertiary/aromatic N) is 4. The van der Waals surface area contributed by atoms with Crippen molar-refractivity contribution in [2.24, 2.45) is 10.7 Å². The van der Waals surface area contributed by atoms with Crippen molar-refractivity contribution < 1.29 is 9.90 Å². The minimum Gasteiger partial charge on any atom is -0.372 e. The predicted molar refractivity (Wildman–Crippen MR) is 120 cm³/mol. The van der Waals surface area contributed by atoms with E-state index < -0.39 is 12.4 Å². The number of aliphatic hydroxyl groups is 1. The van der Waals surface area contributed by atoms with Gasteiger partial charge >= 0.3 is 6.03 Å². The highest BCUT2D eigenvalue weighted by Crippen LogP contribution is 2.17. The van der Waals surface area contributed by atoms with Crippen molar-refractivity contribution in [2.75, 3.05) is 38.7 Å². The molecule has 1 aliphatic heterocycles. The molecule has 0 bridgehead atoms. The topological polar surface area (TPSA) is 97.4 Å². The van der Waals surface area contributed by atoms with Gasteiger partial charge in [-0.05, 0) is 40.9 Å². The second kappa shape index (κ2) is 11.0. The average Bonchev–Trinajstić information content (AvgIpc) is 2.74. The van der Waals surface area contributed by atoms with Gasteiger partial charge in [0, 0.05) is 12.7 Å². The Kier molecular flexibility index (Phi) is 8.76. The van der Waals surface area contributed by atoms with Crippen LogP contribution in [0.5, 0.6) is 0 Å². The Bertz CT molecular complexity index is 791. The second-order valence-corrected chi connectivity index (χ2v) is 7.46. The highest BCUT2D eigenvalue weighted by atomic mass is 79.9. The van der Waals surface area contributed by atoms with E-state index in [2.05, 4.69) is 45.0 Å². The van der Waals surface area contributed by atoms with Crippen molar-refractivity contribution in [3.63, 3.8) is 0 Å². The Hall–Kier alpha value is -2.28. The molecule has 158 valence electrons. The number of amidine groups is 1. The molecule has 2 rings (SSSR count). The van der Waals surface area contributed by atoms with Crippen LogP contribution in [-0.4, -0.2) is 76.3 Å². The lowest BCUT2D eigenvalue weighted by molar-refractivity contribution is 0.00874. The number of urea groups is 1. The quantitative estimate of drug-likeness (QED) is 0.338. The van der Waals surface area contributed by atoms with Crippen LogP contribution in [0.25, 0.3) is 0 Å². The summed E-state index contributed by atoms with van der Waals surface area (Å²) in [5.74, 6) is 5.79. The van der Waals surface area contributed by atoms with Crippen molar-refractivity contribution in [1.29, 1.82) is 0 Å². The summed E-state index contributed by atoms with van der Waals surface area (Å²) < 4.78 is 0.542. The first-order valence-electron chi connectivity index (χ1n) is 9.51. The Morgan fingerprint density at radius 1 is 1.45 bits per heavy atom. The number of β-amino-alcohol motifs (C(OH)–C–C–N with tert-alkyl or cyclic N) is 1. The Morgan fingerprint density at radius 3 is 2.86 bits per heavy atom. The number of anilines is 1. The molecule has 0 aromatic heterocycles. The average molecular weight is 465 g/mol. The largest absolute Gasteiger partial charge is 0.372 e. The summed E-state index contributed by atoms with van der Waals surface area (Å²) >= 11 is 3.41. The summed E-state index contributed by atoms with van der Waals surface area (Å²) in [6.07, 6.45) is -0.759. The first-order chi connectivity index (χ1) is 13.9. The number of carbonyl (C=O) groups excluding carboxylic acids is 1. The van der Waals surface area contributed by atoms with Gasteiger partial charge in [-0.1, -0.05) is 31.0 Å². The number of aliphatic imine (C=N–C) groups is 1. The molecule has 0 fully saturated rings. The SMILES string of the molecule is CC#CCN1CC(O)N(CC(N)Nc2ccccc2CC)C(=O)N(C)C/N=C\1Br. The number of benzene rings is 1. The van der Waals surface area contributed by atoms with Crippen molar-refractivity contribution in [2.45, 2.75) is 32.7 Å². The van der Waals surface area contributed by atoms with Crippen LogP contribution in [0.1, 0.15) is 19.4 Å². The van der Waals surface area contributed by atoms with E-state index in [1.54, 1.807) is 18.9 Å². The molecule has 8 nitrogen and oxygen atoms in total. The van der Waals surface area contributed by atoms with Crippen LogP contribution >= 0.6 is 15.9 Å². The second-order valence-electron chi connectivity index (χ2n) is 6.75. The van der Waals surface area contributed by atoms with Gasteiger partial charge in [0.1, 0.15) is 12.9 Å². The van der Waals surface area contributed by atoms with Gasteiger partial charge < -0.3 is 26.0 Å². The zero-order valence-electron chi connectivity index (χ0n) is 17.1. The van der Waals surface area contributed by atoms with E-state index in [1.807, 2.05) is 24.3 Å². The van der Waals surface area contributed by atoms with Gasteiger partial charge in [0.15, 0.2) is 4.74 Å². The molecule has 2 unspecified atom stereocenters. The molecule has 1 heterocycles. The van der Waals surface area contributed by atoms with Crippen LogP contribution in [0, 0.1) is 11.8 Å². The fourth-order valence-corrected chi connectivity index (χ4v) is 3.36. The Morgan fingerprint density at radius 2 is 2.17 bits per heavy atom. The number of nitrogens with one attached hydrogen (secondary N) is 1. The molecular formula is C20H29BrN6O2. The van der Waals surface area contributed by atoms with Crippen LogP contribution in [0.4, 0.5) is 10.5 Å². The maximum absolute atomic E-state index is 12.9. The number of hydrogen-bond donors (Lipinski definition) is 3. The number of hydrogen-bond acceptors (Lipinski definition) is 6. The molecule has 0 saturated heterocycles. The van der Waals surface area contributed by atoms with E-state index >= 15 is 0 Å². The first-order valence-corrected chi connectivity index (χ1v) is 10.3. The molecule has 0 spiro atoms. The molecule has 0 aliphatic carbocycles. The third-order valence-electron chi connectivity index (χ3n) is 4.57. The summed E-state index contributed by atoms with van der Waals surface area (Å²) in [6.45, 7) is 4.66. The molecule has 1 aromatic rings. The number of aliphatic hydroxyl groups excluding tert-OH is 1. The minimum absolute atomic E-state index is 0.132. The van der Waals surface area contributed by atoms with E-state index in [9.17, 15) is 9.90 Å². The molecule has 2 atom stereocenters. The van der Waals surface area contributed by atoms with Gasteiger partial charge in [-0.25, -0.2) is 9.79 Å². The monoisotopic (exact) mass is 464 g/mol. The van der Waals surface area contributed by atoms with E-state index in [4.69, 9.17) is 5.73 Å². The van der Waals surface area contributed by atoms with Gasteiger partial charge in [0.05, 0.1) is 25.8 Å². The first kappa shape index (κ1) is 23.0. The third kappa shape index (κ3) is 6.35. The van der Waals surface area contributed by atoms with Crippen LogP contribution in [0.3, 0.4) is 0 Å². The zero-order valence-corrected chi connectivity index (χ0v) is 18.7. The van der Waals surface area contributed by atoms with Crippen molar-refractivity contribution in [3.05, 3.63) is 29.8 Å². The fourth-order valence-electron chi connectivity index (χ4n) is 2.97. The Balaban J connectivity index is 2.17. The smallest absolute Gasteiger partial charge is 0.323 e. The van der Waals surface area contributed by atoms with Gasteiger partial charge in [-0.3, -0.25) is 4.90 Å². The normalized spacial score (nSPS) is 20.6. The summed E-state index contributed by atoms with van der Waals surface area (Å²) in [6, 6.07) is 7.56. The number of aryl methyl sites for hydroxylation is 1. The highest BCUT2D eigenvalue weighted by molar-refractivity contribution is 9.18. The van der Waals surface area contributed by atoms with Gasteiger partial charge in [-0.15, -0.1) is 5.92 Å². The van der Waals surface area contributed by atoms with Gasteiger partial charge in [-0.2, -0.15) is 0 Å². The van der Waals surface area contributed by atoms with E-state index in [0.29, 0.717) is 11.3 Å². The fraction of sp³-hybridized carbons (Fsp3) is 0.500. The van der Waals surface area contributed by atoms with Crippen molar-refractivity contribution >= 4 is 32.4 Å². The zero-order chi connectivity index (χ0) is 21.4. The predicted octanol–water partition coefficient (Wildman–Crippen LogP) is 1.67. The summed E-state index contributed by atoms with van der Waals surface area (Å²) in [5, 5.41) is 14.1. The number of amides is 2. The maximum Gasteiger partial charge on any atom is 0.323 e. The summed E-state index contributed by atoms with van der Waals surface area (Å²) in [4.78, 5) is 21.8. The maximum atomic E-state index is 12.9. The van der Waals surface area contributed by atoms with E-state index in [1.165, 1.54) is 9.80 Å². The van der Waals surface area contributed by atoms with Crippen LogP contribution in [0.15, 0.2) is 29.3 Å². The number of carbonyl (C=O) groups is 1. The van der Waals surface area contributed by atoms with Gasteiger partial charge in [0.2, 0.25) is 0 Å². The highest BCUT2D eigenvalue weighted by Gasteiger charge is 2.30. The van der Waals surface area contributed by atoms with Crippen LogP contribution < -0.4 is 11.1 Å². The van der Waals surface area contributed by atoms with Crippen molar-refractivity contribution in [3.8, 4) is 11.8 Å². The molecule has 9 heteroatoms. The van der Waals surface area contributed by atoms with Crippen LogP contribution in [-0.2, 0) is 6.42 Å². The van der Waals surface area contributed by atoms with E-state index in [-0.39, 0.29) is 25.8 Å². The molecule has 1 aromatic carbocycles. The molecular weight excluding hydrogens is 436 g/mol. The lowest BCUT2D eigenvalue weighted by atomic mass is 10.1. The lowest BCUT2D eigenvalue weighted by Crippen LogP contribution is -2.55. The molecule has 29 heavy (non-hydrogen) atoms. The lowest BCUT2D eigenvalue weighted by Gasteiger charge is -2.34. The summed E-state index contributed by atoms with van der Waals surface area (Å²) in [5.41, 5.74) is 8.35.